The fraction of sp³-hybridized carbons (Fsp3) is 0.969. The van der Waals surface area contributed by atoms with Gasteiger partial charge in [-0.2, -0.15) is 0 Å². The first-order chi connectivity index (χ1) is 25.7. The van der Waals surface area contributed by atoms with Gasteiger partial charge in [-0.1, -0.05) is 55.1 Å². The van der Waals surface area contributed by atoms with Crippen LogP contribution in [0.3, 0.4) is 0 Å². The highest BCUT2D eigenvalue weighted by Crippen LogP contribution is 2.42. The lowest BCUT2D eigenvalue weighted by molar-refractivity contribution is -0.368. The molecule has 22 heteroatoms. The van der Waals surface area contributed by atoms with Crippen molar-refractivity contribution < 1.29 is 42.7 Å². The van der Waals surface area contributed by atoms with Gasteiger partial charge in [0.1, 0.15) is 17.6 Å². The van der Waals surface area contributed by atoms with Gasteiger partial charge < -0.3 is 37.9 Å². The van der Waals surface area contributed by atoms with Gasteiger partial charge in [0.05, 0.1) is 54.7 Å². The number of carbonyl (C=O) groups is 1. The van der Waals surface area contributed by atoms with E-state index in [-0.39, 0.29) is 12.0 Å². The van der Waals surface area contributed by atoms with E-state index in [1.54, 1.807) is 39.5 Å². The fourth-order valence-corrected chi connectivity index (χ4v) is 9.09. The third kappa shape index (κ3) is 9.59. The van der Waals surface area contributed by atoms with Gasteiger partial charge in [-0.05, 0) is 73.3 Å². The SMILES string of the molecule is CCS[C@H]1OC(C)[C@@H](N=[N+]=[N-])[C@H](C)C1O[C@H]1OC(C)[C@@H](N=[N+]=[N-])[C@H](C)C1O[C@H]1OC(C)[C@@H](N=[N+]=[N-])[C@H](C)C1O[C@H]1OC(C)[C@@H](N=[N+]=[N-])[C@H](C)C1OC(C)=O. The number of hydrogen-bond donors (Lipinski definition) is 0. The molecular weight excluding hydrogens is 728 g/mol. The van der Waals surface area contributed by atoms with Crippen molar-refractivity contribution in [1.29, 1.82) is 0 Å². The summed E-state index contributed by atoms with van der Waals surface area (Å²) in [6.45, 7) is 17.8. The van der Waals surface area contributed by atoms with Gasteiger partial charge in [0.25, 0.3) is 0 Å². The average molecular weight is 781 g/mol. The molecule has 0 aromatic rings. The second kappa shape index (κ2) is 19.6. The first-order valence-electron chi connectivity index (χ1n) is 18.3. The number of ether oxygens (including phenoxy) is 8. The van der Waals surface area contributed by atoms with Gasteiger partial charge in [-0.3, -0.25) is 4.79 Å². The Hall–Kier alpha value is -3.22. The van der Waals surface area contributed by atoms with E-state index in [4.69, 9.17) is 37.9 Å². The second-order valence-corrected chi connectivity index (χ2v) is 15.8. The van der Waals surface area contributed by atoms with Crippen molar-refractivity contribution in [2.24, 2.45) is 44.1 Å². The minimum atomic E-state index is -1.17. The van der Waals surface area contributed by atoms with Crippen molar-refractivity contribution in [2.75, 3.05) is 5.75 Å². The molecule has 0 aromatic carbocycles. The normalized spacial score (nSPS) is 45.0. The molecule has 0 saturated carbocycles. The maximum atomic E-state index is 12.3. The van der Waals surface area contributed by atoms with Crippen LogP contribution in [0, 0.1) is 23.7 Å². The lowest BCUT2D eigenvalue weighted by Gasteiger charge is -2.51. The molecule has 4 rings (SSSR count). The molecule has 0 N–H and O–H groups in total. The number of thioether (sulfide) groups is 1. The van der Waals surface area contributed by atoms with Crippen LogP contribution in [0.2, 0.25) is 0 Å². The molecule has 0 radical (unpaired) electrons. The van der Waals surface area contributed by atoms with Crippen molar-refractivity contribution in [1.82, 2.24) is 0 Å². The van der Waals surface area contributed by atoms with E-state index >= 15 is 0 Å². The second-order valence-electron chi connectivity index (χ2n) is 14.4. The van der Waals surface area contributed by atoms with E-state index in [1.165, 1.54) is 6.92 Å². The van der Waals surface area contributed by atoms with Gasteiger partial charge in [0.2, 0.25) is 0 Å². The zero-order valence-electron chi connectivity index (χ0n) is 32.2. The van der Waals surface area contributed by atoms with E-state index in [0.717, 1.165) is 5.75 Å². The molecule has 21 nitrogen and oxygen atoms in total. The van der Waals surface area contributed by atoms with Gasteiger partial charge in [-0.25, -0.2) is 0 Å². The summed E-state index contributed by atoms with van der Waals surface area (Å²) in [7, 11) is 0. The summed E-state index contributed by atoms with van der Waals surface area (Å²) in [5, 5.41) is 15.9. The topological polar surface area (TPSA) is 286 Å². The molecular formula is C32H52N12O9S. The molecule has 54 heavy (non-hydrogen) atoms. The maximum absolute atomic E-state index is 12.3. The Balaban J connectivity index is 1.73. The molecule has 4 heterocycles. The Kier molecular flexibility index (Phi) is 15.8. The molecule has 0 bridgehead atoms. The van der Waals surface area contributed by atoms with Crippen LogP contribution in [0.5, 0.6) is 0 Å². The summed E-state index contributed by atoms with van der Waals surface area (Å²) in [5.74, 6) is -1.69. The fourth-order valence-electron chi connectivity index (χ4n) is 8.00. The van der Waals surface area contributed by atoms with E-state index in [0.29, 0.717) is 0 Å². The number of azide groups is 4. The quantitative estimate of drug-likeness (QED) is 0.0792. The largest absolute Gasteiger partial charge is 0.457 e. The molecule has 4 saturated heterocycles. The smallest absolute Gasteiger partial charge is 0.303 e. The van der Waals surface area contributed by atoms with Crippen LogP contribution in [0.15, 0.2) is 20.5 Å². The molecule has 20 atom stereocenters. The summed E-state index contributed by atoms with van der Waals surface area (Å²) < 4.78 is 51.3. The van der Waals surface area contributed by atoms with Crippen LogP contribution >= 0.6 is 11.8 Å². The molecule has 0 amide bonds. The minimum Gasteiger partial charge on any atom is -0.457 e. The van der Waals surface area contributed by atoms with Crippen LogP contribution in [0.25, 0.3) is 41.8 Å². The van der Waals surface area contributed by atoms with Crippen molar-refractivity contribution >= 4 is 17.7 Å². The first kappa shape index (κ1) is 43.5. The van der Waals surface area contributed by atoms with Crippen LogP contribution in [-0.4, -0.2) is 109 Å². The monoisotopic (exact) mass is 780 g/mol. The zero-order chi connectivity index (χ0) is 39.9. The zero-order valence-corrected chi connectivity index (χ0v) is 33.0. The highest BCUT2D eigenvalue weighted by Gasteiger charge is 2.54. The van der Waals surface area contributed by atoms with Crippen LogP contribution in [0.4, 0.5) is 0 Å². The van der Waals surface area contributed by atoms with Gasteiger partial charge in [0.15, 0.2) is 25.0 Å². The molecule has 0 spiro atoms. The van der Waals surface area contributed by atoms with Crippen molar-refractivity contribution in [3.05, 3.63) is 41.8 Å². The maximum Gasteiger partial charge on any atom is 0.303 e. The molecule has 4 aliphatic heterocycles. The van der Waals surface area contributed by atoms with Crippen molar-refractivity contribution in [3.63, 3.8) is 0 Å². The van der Waals surface area contributed by atoms with Crippen LogP contribution in [0.1, 0.15) is 69.2 Å². The highest BCUT2D eigenvalue weighted by molar-refractivity contribution is 7.99. The van der Waals surface area contributed by atoms with E-state index in [9.17, 15) is 26.9 Å². The summed E-state index contributed by atoms with van der Waals surface area (Å²) >= 11 is 1.55. The predicted molar refractivity (Wildman–Crippen MR) is 194 cm³/mol. The summed E-state index contributed by atoms with van der Waals surface area (Å²) in [5.41, 5.74) is 37.1. The third-order valence-corrected chi connectivity index (χ3v) is 11.9. The molecule has 4 aliphatic rings. The van der Waals surface area contributed by atoms with E-state index in [1.807, 2.05) is 34.6 Å². The molecule has 300 valence electrons. The number of nitrogens with zero attached hydrogens (tertiary/aromatic N) is 12. The molecule has 8 unspecified atom stereocenters. The number of hydrogen-bond acceptors (Lipinski definition) is 14. The Morgan fingerprint density at radius 3 is 1.22 bits per heavy atom. The molecule has 4 fully saturated rings. The third-order valence-electron chi connectivity index (χ3n) is 10.9. The summed E-state index contributed by atoms with van der Waals surface area (Å²) in [4.78, 5) is 24.4. The van der Waals surface area contributed by atoms with Gasteiger partial charge in [-0.15, -0.1) is 11.8 Å². The number of esters is 1. The minimum absolute atomic E-state index is 0.287. The lowest BCUT2D eigenvalue weighted by atomic mass is 9.86. The van der Waals surface area contributed by atoms with Crippen LogP contribution < -0.4 is 0 Å². The van der Waals surface area contributed by atoms with Crippen LogP contribution in [-0.2, 0) is 42.7 Å². The Morgan fingerprint density at radius 1 is 0.556 bits per heavy atom. The lowest BCUT2D eigenvalue weighted by Crippen LogP contribution is -2.62. The summed E-state index contributed by atoms with van der Waals surface area (Å²) in [6, 6.07) is -2.55. The van der Waals surface area contributed by atoms with E-state index < -0.39 is 115 Å². The first-order valence-corrected chi connectivity index (χ1v) is 19.3. The number of rotatable bonds is 13. The Labute approximate surface area is 318 Å². The Morgan fingerprint density at radius 2 is 0.870 bits per heavy atom. The highest BCUT2D eigenvalue weighted by atomic mass is 32.2. The number of carbonyl (C=O) groups excluding carboxylic acids is 1. The van der Waals surface area contributed by atoms with Gasteiger partial charge in [0, 0.05) is 32.5 Å². The summed E-state index contributed by atoms with van der Waals surface area (Å²) in [6.07, 6.45) is -9.10. The predicted octanol–water partition coefficient (Wildman–Crippen LogP) is 7.07. The van der Waals surface area contributed by atoms with Crippen molar-refractivity contribution in [2.45, 2.75) is 167 Å². The molecule has 0 aromatic heterocycles. The Bertz CT molecular complexity index is 1490. The van der Waals surface area contributed by atoms with Gasteiger partial charge >= 0.3 is 5.97 Å². The van der Waals surface area contributed by atoms with E-state index in [2.05, 4.69) is 40.1 Å². The van der Waals surface area contributed by atoms with Crippen molar-refractivity contribution in [3.8, 4) is 0 Å². The average Bonchev–Trinajstić information content (AvgIpc) is 3.11. The molecule has 0 aliphatic carbocycles. The standard InChI is InChI=1S/C32H52N12O9S/c1-11-54-32-28(15(5)24(40-44-36)19(9)49-32)53-31-27(14(4)23(39-43-35)18(8)48-31)52-30-26(13(3)22(38-42-34)17(7)47-30)51-29-25(50-20(10)45)12(2)21(37-41-33)16(6)46-29/h12-19,21-32H,11H2,1-10H3/t12-,13-,14-,15-,16?,17?,18?,19?,21-,22-,23-,24-,25?,26?,27?,28?,29+,30+,31+,32+/m0/s1.